The molecule has 1 fully saturated rings. The summed E-state index contributed by atoms with van der Waals surface area (Å²) in [6.07, 6.45) is 7.08. The first-order valence-electron chi connectivity index (χ1n) is 8.35. The summed E-state index contributed by atoms with van der Waals surface area (Å²) in [5.74, 6) is 2.64. The highest BCUT2D eigenvalue weighted by atomic mass is 16.5. The van der Waals surface area contributed by atoms with Crippen LogP contribution in [0.5, 0.6) is 5.75 Å². The summed E-state index contributed by atoms with van der Waals surface area (Å²) in [7, 11) is 0. The Kier molecular flexibility index (Phi) is 4.47. The number of hydrogen-bond acceptors (Lipinski definition) is 2. The Morgan fingerprint density at radius 3 is 2.59 bits per heavy atom. The summed E-state index contributed by atoms with van der Waals surface area (Å²) in [4.78, 5) is 4.54. The maximum atomic E-state index is 6.20. The van der Waals surface area contributed by atoms with Crippen LogP contribution in [-0.4, -0.2) is 11.1 Å². The normalized spacial score (nSPS) is 22.0. The van der Waals surface area contributed by atoms with Gasteiger partial charge in [0.25, 0.3) is 0 Å². The lowest BCUT2D eigenvalue weighted by molar-refractivity contribution is 0.117. The fraction of sp³-hybridized carbons (Fsp3) is 0.450. The molecule has 1 aliphatic carbocycles. The van der Waals surface area contributed by atoms with Gasteiger partial charge < -0.3 is 4.74 Å². The van der Waals surface area contributed by atoms with Gasteiger partial charge in [0.2, 0.25) is 0 Å². The molecule has 0 aliphatic heterocycles. The minimum atomic E-state index is 0.368. The number of hydrogen-bond donors (Lipinski definition) is 0. The molecule has 1 aromatic carbocycles. The molecule has 0 saturated heterocycles. The third kappa shape index (κ3) is 3.32. The molecule has 0 spiro atoms. The fourth-order valence-electron chi connectivity index (χ4n) is 3.37. The van der Waals surface area contributed by atoms with E-state index in [1.54, 1.807) is 6.08 Å². The monoisotopic (exact) mass is 295 g/mol. The first kappa shape index (κ1) is 15.1. The third-order valence-corrected chi connectivity index (χ3v) is 4.86. The molecular weight excluding hydrogens is 270 g/mol. The Labute approximate surface area is 133 Å². The van der Waals surface area contributed by atoms with Gasteiger partial charge in [0, 0.05) is 5.39 Å². The molecular formula is C20H25NO. The van der Waals surface area contributed by atoms with E-state index in [1.807, 2.05) is 18.2 Å². The van der Waals surface area contributed by atoms with Gasteiger partial charge in [-0.05, 0) is 67.9 Å². The molecule has 1 aliphatic rings. The quantitative estimate of drug-likeness (QED) is 0.746. The molecule has 1 saturated carbocycles. The van der Waals surface area contributed by atoms with Crippen molar-refractivity contribution in [3.63, 3.8) is 0 Å². The second kappa shape index (κ2) is 6.51. The Balaban J connectivity index is 1.68. The SMILES string of the molecule is C=Cc1ccc2cc(OC3CCC(C(C)C)CC3)ccc2n1. The van der Waals surface area contributed by atoms with Crippen molar-refractivity contribution >= 4 is 17.0 Å². The predicted molar refractivity (Wildman–Crippen MR) is 93.0 cm³/mol. The maximum Gasteiger partial charge on any atom is 0.120 e. The summed E-state index contributed by atoms with van der Waals surface area (Å²) in [6.45, 7) is 8.43. The number of rotatable bonds is 4. The molecule has 116 valence electrons. The Bertz CT molecular complexity index is 654. The van der Waals surface area contributed by atoms with Crippen LogP contribution in [0.15, 0.2) is 36.9 Å². The lowest BCUT2D eigenvalue weighted by atomic mass is 9.80. The van der Waals surface area contributed by atoms with E-state index in [2.05, 4.69) is 37.5 Å². The number of aromatic nitrogens is 1. The standard InChI is InChI=1S/C20H25NO/c1-4-17-8-5-16-13-19(11-12-20(16)21-17)22-18-9-6-15(7-10-18)14(2)3/h4-5,8,11-15,18H,1,6-7,9-10H2,2-3H3. The molecule has 0 amide bonds. The van der Waals surface area contributed by atoms with Crippen molar-refractivity contribution in [2.24, 2.45) is 11.8 Å². The van der Waals surface area contributed by atoms with Crippen LogP contribution in [0.25, 0.3) is 17.0 Å². The van der Waals surface area contributed by atoms with Gasteiger partial charge >= 0.3 is 0 Å². The van der Waals surface area contributed by atoms with Gasteiger partial charge in [-0.3, -0.25) is 0 Å². The van der Waals surface area contributed by atoms with Crippen molar-refractivity contribution in [3.8, 4) is 5.75 Å². The third-order valence-electron chi connectivity index (χ3n) is 4.86. The molecule has 22 heavy (non-hydrogen) atoms. The summed E-state index contributed by atoms with van der Waals surface area (Å²) in [5, 5.41) is 1.12. The smallest absolute Gasteiger partial charge is 0.120 e. The molecule has 0 unspecified atom stereocenters. The van der Waals surface area contributed by atoms with E-state index in [1.165, 1.54) is 25.7 Å². The van der Waals surface area contributed by atoms with E-state index in [4.69, 9.17) is 4.74 Å². The van der Waals surface area contributed by atoms with Crippen molar-refractivity contribution in [1.29, 1.82) is 0 Å². The summed E-state index contributed by atoms with van der Waals surface area (Å²) in [5.41, 5.74) is 1.90. The number of nitrogens with zero attached hydrogens (tertiary/aromatic N) is 1. The van der Waals surface area contributed by atoms with Crippen LogP contribution >= 0.6 is 0 Å². The Morgan fingerprint density at radius 1 is 1.14 bits per heavy atom. The van der Waals surface area contributed by atoms with Crippen LogP contribution in [0.3, 0.4) is 0 Å². The average Bonchev–Trinajstić information content (AvgIpc) is 2.55. The van der Waals surface area contributed by atoms with E-state index < -0.39 is 0 Å². The van der Waals surface area contributed by atoms with Crippen molar-refractivity contribution in [2.45, 2.75) is 45.6 Å². The zero-order valence-electron chi connectivity index (χ0n) is 13.6. The molecule has 2 nitrogen and oxygen atoms in total. The summed E-state index contributed by atoms with van der Waals surface area (Å²) >= 11 is 0. The minimum Gasteiger partial charge on any atom is -0.490 e. The van der Waals surface area contributed by atoms with Crippen LogP contribution in [-0.2, 0) is 0 Å². The molecule has 0 N–H and O–H groups in total. The molecule has 0 radical (unpaired) electrons. The van der Waals surface area contributed by atoms with Gasteiger partial charge in [0.1, 0.15) is 5.75 Å². The second-order valence-electron chi connectivity index (χ2n) is 6.69. The van der Waals surface area contributed by atoms with Crippen LogP contribution in [0.4, 0.5) is 0 Å². The van der Waals surface area contributed by atoms with Crippen LogP contribution < -0.4 is 4.74 Å². The molecule has 1 heterocycles. The van der Waals surface area contributed by atoms with Crippen molar-refractivity contribution in [3.05, 3.63) is 42.6 Å². The highest BCUT2D eigenvalue weighted by Crippen LogP contribution is 2.32. The van der Waals surface area contributed by atoms with Gasteiger partial charge in [0.15, 0.2) is 0 Å². The lowest BCUT2D eigenvalue weighted by Crippen LogP contribution is -2.26. The number of ether oxygens (including phenoxy) is 1. The second-order valence-corrected chi connectivity index (χ2v) is 6.69. The Morgan fingerprint density at radius 2 is 1.91 bits per heavy atom. The molecule has 2 heteroatoms. The van der Waals surface area contributed by atoms with Crippen molar-refractivity contribution < 1.29 is 4.74 Å². The van der Waals surface area contributed by atoms with E-state index in [0.717, 1.165) is 34.2 Å². The predicted octanol–water partition coefficient (Wildman–Crippen LogP) is 5.47. The zero-order chi connectivity index (χ0) is 15.5. The minimum absolute atomic E-state index is 0.368. The van der Waals surface area contributed by atoms with Gasteiger partial charge in [0.05, 0.1) is 17.3 Å². The topological polar surface area (TPSA) is 22.1 Å². The van der Waals surface area contributed by atoms with Gasteiger partial charge in [-0.25, -0.2) is 4.98 Å². The first-order chi connectivity index (χ1) is 10.7. The van der Waals surface area contributed by atoms with E-state index in [0.29, 0.717) is 6.10 Å². The van der Waals surface area contributed by atoms with Gasteiger partial charge in [-0.1, -0.05) is 26.5 Å². The van der Waals surface area contributed by atoms with Crippen molar-refractivity contribution in [1.82, 2.24) is 4.98 Å². The van der Waals surface area contributed by atoms with E-state index in [9.17, 15) is 0 Å². The molecule has 3 rings (SSSR count). The molecule has 2 aromatic rings. The maximum absolute atomic E-state index is 6.20. The van der Waals surface area contributed by atoms with Crippen LogP contribution in [0.1, 0.15) is 45.2 Å². The Hall–Kier alpha value is -1.83. The van der Waals surface area contributed by atoms with Gasteiger partial charge in [-0.2, -0.15) is 0 Å². The number of pyridine rings is 1. The first-order valence-corrected chi connectivity index (χ1v) is 8.35. The van der Waals surface area contributed by atoms with E-state index >= 15 is 0 Å². The molecule has 0 atom stereocenters. The lowest BCUT2D eigenvalue weighted by Gasteiger charge is -2.31. The summed E-state index contributed by atoms with van der Waals surface area (Å²) in [6, 6.07) is 10.3. The van der Waals surface area contributed by atoms with Crippen molar-refractivity contribution in [2.75, 3.05) is 0 Å². The van der Waals surface area contributed by atoms with Crippen LogP contribution in [0.2, 0.25) is 0 Å². The van der Waals surface area contributed by atoms with Crippen LogP contribution in [0, 0.1) is 11.8 Å². The zero-order valence-corrected chi connectivity index (χ0v) is 13.6. The summed E-state index contributed by atoms with van der Waals surface area (Å²) < 4.78 is 6.20. The number of benzene rings is 1. The molecule has 1 aromatic heterocycles. The highest BCUT2D eigenvalue weighted by molar-refractivity contribution is 5.81. The van der Waals surface area contributed by atoms with Gasteiger partial charge in [-0.15, -0.1) is 0 Å². The fourth-order valence-corrected chi connectivity index (χ4v) is 3.37. The largest absolute Gasteiger partial charge is 0.490 e. The molecule has 0 bridgehead atoms. The van der Waals surface area contributed by atoms with E-state index in [-0.39, 0.29) is 0 Å². The highest BCUT2D eigenvalue weighted by Gasteiger charge is 2.24. The average molecular weight is 295 g/mol. The number of fused-ring (bicyclic) bond motifs is 1.